The molecule has 0 aliphatic heterocycles. The maximum absolute atomic E-state index is 12.3. The highest BCUT2D eigenvalue weighted by Crippen LogP contribution is 2.51. The Morgan fingerprint density at radius 2 is 2.10 bits per heavy atom. The van der Waals surface area contributed by atoms with Gasteiger partial charge < -0.3 is 5.32 Å². The molecule has 1 N–H and O–H groups in total. The van der Waals surface area contributed by atoms with Gasteiger partial charge in [-0.25, -0.2) is 4.98 Å². The predicted octanol–water partition coefficient (Wildman–Crippen LogP) is 4.05. The lowest BCUT2D eigenvalue weighted by Crippen LogP contribution is -2.33. The second-order valence-electron chi connectivity index (χ2n) is 6.22. The predicted molar refractivity (Wildman–Crippen MR) is 85.6 cm³/mol. The van der Waals surface area contributed by atoms with Gasteiger partial charge in [-0.15, -0.1) is 0 Å². The number of benzene rings is 1. The van der Waals surface area contributed by atoms with Crippen LogP contribution in [0.5, 0.6) is 0 Å². The number of fused-ring (bicyclic) bond motifs is 1. The van der Waals surface area contributed by atoms with Crippen molar-refractivity contribution in [2.24, 2.45) is 11.3 Å². The molecule has 4 heteroatoms. The minimum absolute atomic E-state index is 0.144. The molecule has 1 fully saturated rings. The van der Waals surface area contributed by atoms with Crippen LogP contribution in [0.2, 0.25) is 5.15 Å². The molecule has 1 aliphatic rings. The molecule has 0 bridgehead atoms. The van der Waals surface area contributed by atoms with Crippen LogP contribution in [0.3, 0.4) is 0 Å². The van der Waals surface area contributed by atoms with Crippen LogP contribution in [-0.2, 0) is 0 Å². The molecule has 21 heavy (non-hydrogen) atoms. The second kappa shape index (κ2) is 5.30. The highest BCUT2D eigenvalue weighted by Gasteiger charge is 2.45. The molecule has 1 aliphatic carbocycles. The number of hydrogen-bond donors (Lipinski definition) is 1. The van der Waals surface area contributed by atoms with Gasteiger partial charge in [0.15, 0.2) is 0 Å². The highest BCUT2D eigenvalue weighted by molar-refractivity contribution is 6.34. The van der Waals surface area contributed by atoms with Crippen LogP contribution < -0.4 is 5.32 Å². The van der Waals surface area contributed by atoms with E-state index in [1.54, 1.807) is 6.07 Å². The van der Waals surface area contributed by atoms with E-state index in [-0.39, 0.29) is 11.3 Å². The standard InChI is InChI=1S/C17H19ClN2O/c1-11(2)17(7-8-17)10-19-16(21)14-9-12-5-3-4-6-13(12)15(18)20-14/h3-6,9,11H,7-8,10H2,1-2H3,(H,19,21). The van der Waals surface area contributed by atoms with Crippen molar-refractivity contribution >= 4 is 28.3 Å². The monoisotopic (exact) mass is 302 g/mol. The number of nitrogens with zero attached hydrogens (tertiary/aromatic N) is 1. The number of carbonyl (C=O) groups is 1. The minimum atomic E-state index is -0.144. The first-order chi connectivity index (χ1) is 10.0. The van der Waals surface area contributed by atoms with Crippen LogP contribution in [-0.4, -0.2) is 17.4 Å². The number of aromatic nitrogens is 1. The molecule has 0 unspecified atom stereocenters. The Morgan fingerprint density at radius 1 is 1.38 bits per heavy atom. The zero-order valence-electron chi connectivity index (χ0n) is 12.3. The lowest BCUT2D eigenvalue weighted by Gasteiger charge is -2.19. The maximum Gasteiger partial charge on any atom is 0.269 e. The van der Waals surface area contributed by atoms with E-state index in [4.69, 9.17) is 11.6 Å². The number of pyridine rings is 1. The van der Waals surface area contributed by atoms with Gasteiger partial charge in [-0.1, -0.05) is 49.7 Å². The van der Waals surface area contributed by atoms with Crippen LogP contribution in [0.4, 0.5) is 0 Å². The number of hydrogen-bond acceptors (Lipinski definition) is 2. The average molecular weight is 303 g/mol. The Bertz CT molecular complexity index is 692. The van der Waals surface area contributed by atoms with Crippen LogP contribution in [0.1, 0.15) is 37.2 Å². The third kappa shape index (κ3) is 2.75. The van der Waals surface area contributed by atoms with Crippen molar-refractivity contribution in [1.29, 1.82) is 0 Å². The van der Waals surface area contributed by atoms with E-state index in [2.05, 4.69) is 24.1 Å². The van der Waals surface area contributed by atoms with Crippen LogP contribution in [0.15, 0.2) is 30.3 Å². The number of rotatable bonds is 4. The van der Waals surface area contributed by atoms with Crippen molar-refractivity contribution in [3.8, 4) is 0 Å². The summed E-state index contributed by atoms with van der Waals surface area (Å²) in [7, 11) is 0. The molecule has 1 heterocycles. The van der Waals surface area contributed by atoms with Crippen LogP contribution >= 0.6 is 11.6 Å². The van der Waals surface area contributed by atoms with E-state index in [1.165, 1.54) is 12.8 Å². The molecule has 0 radical (unpaired) electrons. The SMILES string of the molecule is CC(C)C1(CNC(=O)c2cc3ccccc3c(Cl)n2)CC1. The van der Waals surface area contributed by atoms with Gasteiger partial charge in [0.05, 0.1) is 0 Å². The molecule has 2 aromatic rings. The summed E-state index contributed by atoms with van der Waals surface area (Å²) in [5.74, 6) is 0.445. The summed E-state index contributed by atoms with van der Waals surface area (Å²) >= 11 is 6.17. The Balaban J connectivity index is 1.79. The fraction of sp³-hybridized carbons (Fsp3) is 0.412. The van der Waals surface area contributed by atoms with E-state index in [0.717, 1.165) is 17.3 Å². The van der Waals surface area contributed by atoms with Gasteiger partial charge in [-0.2, -0.15) is 0 Å². The molecule has 1 amide bonds. The molecule has 0 spiro atoms. The summed E-state index contributed by atoms with van der Waals surface area (Å²) in [6.07, 6.45) is 2.38. The van der Waals surface area contributed by atoms with E-state index < -0.39 is 0 Å². The fourth-order valence-electron chi connectivity index (χ4n) is 2.74. The Kier molecular flexibility index (Phi) is 3.62. The topological polar surface area (TPSA) is 42.0 Å². The Labute approximate surface area is 129 Å². The quantitative estimate of drug-likeness (QED) is 0.866. The molecule has 0 saturated heterocycles. The molecule has 3 rings (SSSR count). The summed E-state index contributed by atoms with van der Waals surface area (Å²) in [5.41, 5.74) is 0.675. The summed E-state index contributed by atoms with van der Waals surface area (Å²) in [6, 6.07) is 9.49. The largest absolute Gasteiger partial charge is 0.350 e. The van der Waals surface area contributed by atoms with Crippen molar-refractivity contribution < 1.29 is 4.79 Å². The van der Waals surface area contributed by atoms with E-state index in [1.807, 2.05) is 24.3 Å². The highest BCUT2D eigenvalue weighted by atomic mass is 35.5. The van der Waals surface area contributed by atoms with Crippen LogP contribution in [0, 0.1) is 11.3 Å². The summed E-state index contributed by atoms with van der Waals surface area (Å²) in [6.45, 7) is 5.14. The van der Waals surface area contributed by atoms with E-state index in [9.17, 15) is 4.79 Å². The first kappa shape index (κ1) is 14.3. The lowest BCUT2D eigenvalue weighted by atomic mass is 9.92. The minimum Gasteiger partial charge on any atom is -0.350 e. The van der Waals surface area contributed by atoms with E-state index >= 15 is 0 Å². The van der Waals surface area contributed by atoms with Crippen molar-refractivity contribution in [2.75, 3.05) is 6.54 Å². The Hall–Kier alpha value is -1.61. The normalized spacial score (nSPS) is 16.2. The molecular formula is C17H19ClN2O. The first-order valence-electron chi connectivity index (χ1n) is 7.35. The third-order valence-corrected chi connectivity index (χ3v) is 4.93. The number of amides is 1. The molecule has 110 valence electrons. The molecular weight excluding hydrogens is 284 g/mol. The van der Waals surface area contributed by atoms with Crippen molar-refractivity contribution in [2.45, 2.75) is 26.7 Å². The maximum atomic E-state index is 12.3. The number of carbonyl (C=O) groups excluding carboxylic acids is 1. The Morgan fingerprint density at radius 3 is 2.76 bits per heavy atom. The molecule has 1 aromatic carbocycles. The average Bonchev–Trinajstić information content (AvgIpc) is 3.26. The van der Waals surface area contributed by atoms with Gasteiger partial charge in [0.2, 0.25) is 0 Å². The van der Waals surface area contributed by atoms with Crippen molar-refractivity contribution in [3.63, 3.8) is 0 Å². The first-order valence-corrected chi connectivity index (χ1v) is 7.73. The zero-order chi connectivity index (χ0) is 15.0. The van der Waals surface area contributed by atoms with Gasteiger partial charge in [-0.05, 0) is 35.6 Å². The van der Waals surface area contributed by atoms with Crippen molar-refractivity contribution in [1.82, 2.24) is 10.3 Å². The third-order valence-electron chi connectivity index (χ3n) is 4.64. The van der Waals surface area contributed by atoms with Gasteiger partial charge in [0, 0.05) is 11.9 Å². The molecule has 0 atom stereocenters. The number of halogens is 1. The zero-order valence-corrected chi connectivity index (χ0v) is 13.1. The van der Waals surface area contributed by atoms with Gasteiger partial charge in [0.25, 0.3) is 5.91 Å². The summed E-state index contributed by atoms with van der Waals surface area (Å²) in [5, 5.41) is 5.20. The smallest absolute Gasteiger partial charge is 0.269 e. The van der Waals surface area contributed by atoms with Gasteiger partial charge >= 0.3 is 0 Å². The van der Waals surface area contributed by atoms with Gasteiger partial charge in [0.1, 0.15) is 10.8 Å². The van der Waals surface area contributed by atoms with Crippen molar-refractivity contribution in [3.05, 3.63) is 41.2 Å². The molecule has 1 aromatic heterocycles. The van der Waals surface area contributed by atoms with Crippen LogP contribution in [0.25, 0.3) is 10.8 Å². The number of nitrogens with one attached hydrogen (secondary N) is 1. The second-order valence-corrected chi connectivity index (χ2v) is 6.58. The fourth-order valence-corrected chi connectivity index (χ4v) is 3.00. The summed E-state index contributed by atoms with van der Waals surface area (Å²) < 4.78 is 0. The lowest BCUT2D eigenvalue weighted by molar-refractivity contribution is 0.0935. The van der Waals surface area contributed by atoms with E-state index in [0.29, 0.717) is 16.8 Å². The molecule has 1 saturated carbocycles. The molecule has 3 nitrogen and oxygen atoms in total. The summed E-state index contributed by atoms with van der Waals surface area (Å²) in [4.78, 5) is 16.5. The van der Waals surface area contributed by atoms with Gasteiger partial charge in [-0.3, -0.25) is 4.79 Å².